The molecule has 0 saturated carbocycles. The van der Waals surface area contributed by atoms with E-state index in [-0.39, 0.29) is 105 Å². The Hall–Kier alpha value is -10.2. The van der Waals surface area contributed by atoms with Gasteiger partial charge in [0.15, 0.2) is 73.1 Å². The van der Waals surface area contributed by atoms with Crippen molar-refractivity contribution in [1.29, 1.82) is 0 Å². The van der Waals surface area contributed by atoms with Crippen LogP contribution in [0.25, 0.3) is 17.1 Å². The molecule has 10 rings (SSSR count). The molecule has 38 heteroatoms. The van der Waals surface area contributed by atoms with Crippen LogP contribution in [0.1, 0.15) is 92.9 Å². The fourth-order valence-electron chi connectivity index (χ4n) is 9.26. The molecule has 0 bridgehead atoms. The number of rotatable bonds is 21. The summed E-state index contributed by atoms with van der Waals surface area (Å²) >= 11 is 9.78. The maximum atomic E-state index is 14.0. The topological polar surface area (TPSA) is 265 Å². The van der Waals surface area contributed by atoms with Gasteiger partial charge in [0.1, 0.15) is 40.7 Å². The Balaban J connectivity index is 0.000000297. The van der Waals surface area contributed by atoms with Gasteiger partial charge in [0, 0.05) is 62.0 Å². The summed E-state index contributed by atoms with van der Waals surface area (Å²) in [6.45, 7) is 12.0. The zero-order chi connectivity index (χ0) is 79.8. The van der Waals surface area contributed by atoms with E-state index < -0.39 is 117 Å². The molecule has 0 saturated heterocycles. The SMILES string of the molecule is CCOC(=O)C(Nc1ccc(F)cc1)/C(C)=N/NC(=O)OC.CCOC(=O)c1c(C)[nH]c(=S)n1-c1ccc(F)cc1.CCOC(=O)c1c(C)nc(SCc2c(F)ccc(F)c2F)n1-c1ccc(F)cc1.Cc1nc(SCc2c(F)ccc(F)c2F)n(-c2ccc(F)cc2)c1C(=O)O.Fc1ccc(F)c(CBr)c1F.[Li+].[OH-]. The zero-order valence-electron chi connectivity index (χ0n) is 59.3. The maximum Gasteiger partial charge on any atom is 1.00 e. The molecule has 1 amide bonds. The molecule has 0 radical (unpaired) electrons. The van der Waals surface area contributed by atoms with E-state index in [1.165, 1.54) is 103 Å². The number of H-pyrrole nitrogens is 1. The molecule has 1 atom stereocenters. The molecule has 7 aromatic carbocycles. The van der Waals surface area contributed by atoms with Crippen LogP contribution in [-0.4, -0.2) is 108 Å². The standard InChI is InChI=1S/C20H16F4N2O2S.C18H12F4N2O2S.C14H18FN3O4.C13H13FN2O2S.C7H4BrF3.Li.H2O/c1-3-28-19(27)18-11(2)25-20(26(18)13-6-4-12(21)5-7-13)29-10-14-15(22)8-9-16(23)17(14)24;1-9-16(17(25)26)24(11-4-2-10(19)3-5-11)18(23-9)27-8-12-13(20)6-7-14(21)15(12)22;1-4-22-13(19)12(9(2)17-18-14(20)21-3)16-11-7-5-10(15)6-8-11;1-3-18-12(17)11-8(2)15-13(19)16(11)10-6-4-9(14)5-7-10;8-3-4-5(9)1-2-6(10)7(4)11;;/h4-9H,3,10H2,1-2H3;2-7H,8H2,1H3,(H,25,26);5-8,12,16H,4H2,1-3H3,(H,18,20);4-7H,3H2,1-2H3,(H,15,19);1-2H,3H2;;1H2/q;;;;;+1;/p-1/b;;17-9+;;;;. The van der Waals surface area contributed by atoms with Gasteiger partial charge in [-0.15, -0.1) is 0 Å². The number of aromatic nitrogens is 6. The van der Waals surface area contributed by atoms with E-state index in [1.807, 2.05) is 0 Å². The van der Waals surface area contributed by atoms with Crippen molar-refractivity contribution in [2.75, 3.05) is 32.2 Å². The molecule has 0 aliphatic rings. The van der Waals surface area contributed by atoms with Crippen LogP contribution in [0, 0.1) is 101 Å². The summed E-state index contributed by atoms with van der Waals surface area (Å²) in [7, 11) is 1.19. The van der Waals surface area contributed by atoms with Gasteiger partial charge in [0.25, 0.3) is 0 Å². The third-order valence-corrected chi connectivity index (χ3v) is 17.1. The molecule has 20 nitrogen and oxygen atoms in total. The van der Waals surface area contributed by atoms with Crippen LogP contribution in [0.4, 0.5) is 67.6 Å². The number of esters is 3. The van der Waals surface area contributed by atoms with E-state index in [2.05, 4.69) is 51.5 Å². The van der Waals surface area contributed by atoms with Crippen molar-refractivity contribution < 1.29 is 129 Å². The zero-order valence-corrected chi connectivity index (χ0v) is 63.3. The number of amides is 1. The molecule has 3 aromatic heterocycles. The minimum atomic E-state index is -1.31. The number of nitrogens with zero attached hydrogens (tertiary/aromatic N) is 6. The molecule has 0 spiro atoms. The number of carbonyl (C=O) groups excluding carboxylic acids is 4. The second-order valence-electron chi connectivity index (χ2n) is 21.6. The predicted molar refractivity (Wildman–Crippen MR) is 383 cm³/mol. The first-order valence-electron chi connectivity index (χ1n) is 31.4. The number of hydrogen-bond donors (Lipinski definition) is 4. The molecule has 3 heterocycles. The number of alkyl halides is 1. The molecule has 10 aromatic rings. The number of imidazole rings is 3. The Morgan fingerprint density at radius 2 is 0.891 bits per heavy atom. The van der Waals surface area contributed by atoms with Gasteiger partial charge < -0.3 is 39.8 Å². The summed E-state index contributed by atoms with van der Waals surface area (Å²) in [6.07, 6.45) is -0.760. The Morgan fingerprint density at radius 1 is 0.536 bits per heavy atom. The summed E-state index contributed by atoms with van der Waals surface area (Å²) in [5.74, 6) is -14.9. The van der Waals surface area contributed by atoms with Crippen molar-refractivity contribution in [2.45, 2.75) is 81.7 Å². The molecule has 110 heavy (non-hydrogen) atoms. The maximum absolute atomic E-state index is 14.0. The predicted octanol–water partition coefficient (Wildman–Crippen LogP) is 14.8. The quantitative estimate of drug-likeness (QED) is 0.00498. The number of benzene rings is 7. The molecule has 1 unspecified atom stereocenters. The summed E-state index contributed by atoms with van der Waals surface area (Å²) in [5, 5.41) is 16.4. The van der Waals surface area contributed by atoms with Crippen LogP contribution in [-0.2, 0) is 40.6 Å². The largest absolute Gasteiger partial charge is 1.00 e. The fourth-order valence-corrected chi connectivity index (χ4v) is 12.3. The summed E-state index contributed by atoms with van der Waals surface area (Å²) in [6, 6.07) is 25.3. The van der Waals surface area contributed by atoms with E-state index in [0.29, 0.717) is 56.7 Å². The fraction of sp³-hybridized carbons (Fsp3) is 0.208. The summed E-state index contributed by atoms with van der Waals surface area (Å²) < 4.78 is 196. The number of aromatic carboxylic acids is 1. The number of halogens is 14. The number of carbonyl (C=O) groups is 5. The molecule has 0 aliphatic carbocycles. The van der Waals surface area contributed by atoms with Crippen molar-refractivity contribution >= 4 is 93.0 Å². The van der Waals surface area contributed by atoms with Gasteiger partial charge in [0.05, 0.1) is 44.0 Å². The molecular formula is C72H64BrF13LiN9O11S3. The van der Waals surface area contributed by atoms with E-state index in [1.54, 1.807) is 51.3 Å². The van der Waals surface area contributed by atoms with Crippen molar-refractivity contribution in [3.63, 3.8) is 0 Å². The summed E-state index contributed by atoms with van der Waals surface area (Å²) in [4.78, 5) is 70.3. The minimum Gasteiger partial charge on any atom is -0.870 e. The molecule has 0 aliphatic heterocycles. The number of ether oxygens (including phenoxy) is 4. The van der Waals surface area contributed by atoms with Crippen LogP contribution < -0.4 is 29.6 Å². The molecule has 5 N–H and O–H groups in total. The third kappa shape index (κ3) is 24.7. The Kier molecular flexibility index (Phi) is 36.8. The van der Waals surface area contributed by atoms with E-state index >= 15 is 0 Å². The number of thioether (sulfide) groups is 2. The normalized spacial score (nSPS) is 10.9. The van der Waals surface area contributed by atoms with Gasteiger partial charge >= 0.3 is 48.8 Å². The number of nitrogens with one attached hydrogen (secondary N) is 3. The number of carboxylic acid groups (broad SMARTS) is 1. The second kappa shape index (κ2) is 43.9. The van der Waals surface area contributed by atoms with E-state index in [4.69, 9.17) is 26.4 Å². The Morgan fingerprint density at radius 3 is 1.27 bits per heavy atom. The monoisotopic (exact) mass is 1660 g/mol. The van der Waals surface area contributed by atoms with Crippen molar-refractivity contribution in [2.24, 2.45) is 5.10 Å². The van der Waals surface area contributed by atoms with Crippen LogP contribution in [0.15, 0.2) is 149 Å². The summed E-state index contributed by atoms with van der Waals surface area (Å²) in [5.41, 5.74) is 4.43. The van der Waals surface area contributed by atoms with Gasteiger partial charge in [0.2, 0.25) is 0 Å². The second-order valence-corrected chi connectivity index (χ2v) is 24.4. The average molecular weight is 1660 g/mol. The first kappa shape index (κ1) is 92.2. The number of hydrazone groups is 1. The van der Waals surface area contributed by atoms with Gasteiger partial charge in [-0.1, -0.05) is 39.5 Å². The van der Waals surface area contributed by atoms with Crippen LogP contribution in [0.5, 0.6) is 0 Å². The van der Waals surface area contributed by atoms with Crippen molar-refractivity contribution in [3.05, 3.63) is 265 Å². The molecular weight excluding hydrogens is 1600 g/mol. The van der Waals surface area contributed by atoms with Crippen LogP contribution in [0.2, 0.25) is 0 Å². The minimum absolute atomic E-state index is 0. The van der Waals surface area contributed by atoms with Gasteiger partial charge in [-0.3, -0.25) is 13.7 Å². The number of anilines is 1. The number of carboxylic acids is 1. The molecule has 0 fully saturated rings. The van der Waals surface area contributed by atoms with Gasteiger partial charge in [-0.2, -0.15) is 5.10 Å². The smallest absolute Gasteiger partial charge is 0.870 e. The van der Waals surface area contributed by atoms with Crippen LogP contribution in [0.3, 0.4) is 0 Å². The number of aryl methyl sites for hydroxylation is 3. The van der Waals surface area contributed by atoms with Gasteiger partial charge in [-0.25, -0.2) is 96.4 Å². The number of aromatic amines is 1. The molecule has 580 valence electrons. The van der Waals surface area contributed by atoms with E-state index in [0.717, 1.165) is 59.9 Å². The Labute approximate surface area is 653 Å². The number of hydrogen-bond acceptors (Lipinski definition) is 17. The van der Waals surface area contributed by atoms with Gasteiger partial charge in [-0.05, 0) is 194 Å². The Bertz CT molecular complexity index is 4930. The van der Waals surface area contributed by atoms with Crippen molar-refractivity contribution in [1.82, 2.24) is 34.1 Å². The average Bonchev–Trinajstić information content (AvgIpc) is 1.65. The van der Waals surface area contributed by atoms with E-state index in [9.17, 15) is 86.2 Å². The van der Waals surface area contributed by atoms with Crippen LogP contribution >= 0.6 is 51.7 Å². The first-order valence-corrected chi connectivity index (χ1v) is 34.9. The number of methoxy groups -OCH3 is 1. The first-order chi connectivity index (χ1) is 51.3. The van der Waals surface area contributed by atoms with Crippen molar-refractivity contribution in [3.8, 4) is 17.1 Å². The third-order valence-electron chi connectivity index (χ3n) is 14.4.